The van der Waals surface area contributed by atoms with Crippen LogP contribution in [0, 0.1) is 18.3 Å². The molecule has 10 nitrogen and oxygen atoms in total. The maximum atomic E-state index is 12.5. The molecule has 0 amide bonds. The Balaban J connectivity index is 1.65. The minimum Gasteiger partial charge on any atom is -0.493 e. The van der Waals surface area contributed by atoms with Gasteiger partial charge in [-0.05, 0) is 43.2 Å². The second kappa shape index (κ2) is 12.8. The monoisotopic (exact) mass is 502 g/mol. The van der Waals surface area contributed by atoms with Crippen LogP contribution in [0.4, 0.5) is 11.4 Å². The Labute approximate surface area is 213 Å². The van der Waals surface area contributed by atoms with Crippen LogP contribution < -0.4 is 5.56 Å². The van der Waals surface area contributed by atoms with E-state index in [-0.39, 0.29) is 41.4 Å². The summed E-state index contributed by atoms with van der Waals surface area (Å²) in [6.07, 6.45) is 1.43. The molecule has 0 atom stereocenters. The fourth-order valence-corrected chi connectivity index (χ4v) is 3.34. The van der Waals surface area contributed by atoms with Crippen molar-refractivity contribution in [2.24, 2.45) is 10.2 Å². The number of ether oxygens (including phenoxy) is 2. The number of carbonyl (C=O) groups is 2. The Morgan fingerprint density at radius 2 is 1.76 bits per heavy atom. The first kappa shape index (κ1) is 26.8. The molecule has 0 saturated carbocycles. The third-order valence-corrected chi connectivity index (χ3v) is 5.44. The number of carbonyl (C=O) groups excluding carboxylic acids is 2. The van der Waals surface area contributed by atoms with Crippen molar-refractivity contribution in [2.45, 2.75) is 39.8 Å². The number of rotatable bonds is 10. The van der Waals surface area contributed by atoms with Crippen molar-refractivity contribution in [3.05, 3.63) is 87.2 Å². The van der Waals surface area contributed by atoms with Gasteiger partial charge in [0.25, 0.3) is 5.56 Å². The standard InChI is InChI=1S/C27H26N4O6/c1-3-4-14-31-25(33)22(15-28)18(2)24(26(31)34)30-29-21-12-10-20(11-13-21)27(35)37-17-23(32)36-16-19-8-6-5-7-9-19/h5-13,34H,3-4,14,16-17H2,1-2H3/b30-29+. The van der Waals surface area contributed by atoms with Crippen LogP contribution in [0.3, 0.4) is 0 Å². The first-order valence-electron chi connectivity index (χ1n) is 11.6. The highest BCUT2D eigenvalue weighted by Gasteiger charge is 2.19. The van der Waals surface area contributed by atoms with Crippen LogP contribution in [0.2, 0.25) is 0 Å². The molecule has 3 rings (SSSR count). The van der Waals surface area contributed by atoms with Crippen LogP contribution in [0.25, 0.3) is 0 Å². The molecule has 0 fully saturated rings. The number of pyridine rings is 1. The number of nitriles is 1. The number of nitrogens with zero attached hydrogens (tertiary/aromatic N) is 4. The number of aromatic nitrogens is 1. The summed E-state index contributed by atoms with van der Waals surface area (Å²) in [5, 5.41) is 28.1. The van der Waals surface area contributed by atoms with Gasteiger partial charge < -0.3 is 14.6 Å². The SMILES string of the molecule is CCCCn1c(O)c(/N=N/c2ccc(C(=O)OCC(=O)OCc3ccccc3)cc2)c(C)c(C#N)c1=O. The van der Waals surface area contributed by atoms with Crippen molar-refractivity contribution in [1.82, 2.24) is 4.57 Å². The maximum Gasteiger partial charge on any atom is 0.344 e. The molecule has 190 valence electrons. The fraction of sp³-hybridized carbons (Fsp3) is 0.259. The van der Waals surface area contributed by atoms with E-state index in [1.54, 1.807) is 0 Å². The lowest BCUT2D eigenvalue weighted by molar-refractivity contribution is -0.148. The van der Waals surface area contributed by atoms with Crippen molar-refractivity contribution in [3.63, 3.8) is 0 Å². The number of aromatic hydroxyl groups is 1. The molecule has 0 aliphatic heterocycles. The van der Waals surface area contributed by atoms with E-state index in [1.165, 1.54) is 31.2 Å². The molecule has 0 saturated heterocycles. The lowest BCUT2D eigenvalue weighted by atomic mass is 10.1. The van der Waals surface area contributed by atoms with Gasteiger partial charge in [0.2, 0.25) is 5.88 Å². The first-order chi connectivity index (χ1) is 17.8. The average Bonchev–Trinajstić information content (AvgIpc) is 2.91. The van der Waals surface area contributed by atoms with Crippen LogP contribution >= 0.6 is 0 Å². The summed E-state index contributed by atoms with van der Waals surface area (Å²) >= 11 is 0. The van der Waals surface area contributed by atoms with E-state index < -0.39 is 24.1 Å². The van der Waals surface area contributed by atoms with Crippen LogP contribution in [0.1, 0.15) is 46.8 Å². The highest BCUT2D eigenvalue weighted by atomic mass is 16.6. The van der Waals surface area contributed by atoms with Gasteiger partial charge in [-0.2, -0.15) is 10.4 Å². The first-order valence-corrected chi connectivity index (χ1v) is 11.6. The molecular formula is C27H26N4O6. The predicted octanol–water partition coefficient (Wildman–Crippen LogP) is 4.85. The molecule has 2 aromatic carbocycles. The van der Waals surface area contributed by atoms with Gasteiger partial charge in [0.15, 0.2) is 12.3 Å². The molecular weight excluding hydrogens is 476 g/mol. The molecule has 1 N–H and O–H groups in total. The predicted molar refractivity (Wildman–Crippen MR) is 134 cm³/mol. The number of hydrogen-bond donors (Lipinski definition) is 1. The van der Waals surface area contributed by atoms with Crippen molar-refractivity contribution in [3.8, 4) is 11.9 Å². The summed E-state index contributed by atoms with van der Waals surface area (Å²) in [5.41, 5.74) is 0.917. The van der Waals surface area contributed by atoms with E-state index in [0.717, 1.165) is 16.6 Å². The van der Waals surface area contributed by atoms with Gasteiger partial charge in [-0.3, -0.25) is 9.36 Å². The van der Waals surface area contributed by atoms with Crippen LogP contribution in [-0.2, 0) is 27.4 Å². The van der Waals surface area contributed by atoms with E-state index in [9.17, 15) is 24.8 Å². The molecule has 0 unspecified atom stereocenters. The largest absolute Gasteiger partial charge is 0.493 e. The van der Waals surface area contributed by atoms with Crippen molar-refractivity contribution < 1.29 is 24.2 Å². The smallest absolute Gasteiger partial charge is 0.344 e. The Hall–Kier alpha value is -4.78. The van der Waals surface area contributed by atoms with Crippen LogP contribution in [0.15, 0.2) is 69.6 Å². The molecule has 0 bridgehead atoms. The summed E-state index contributed by atoms with van der Waals surface area (Å²) in [7, 11) is 0. The second-order valence-corrected chi connectivity index (χ2v) is 8.06. The average molecular weight is 503 g/mol. The molecule has 37 heavy (non-hydrogen) atoms. The molecule has 0 spiro atoms. The number of esters is 2. The maximum absolute atomic E-state index is 12.5. The van der Waals surface area contributed by atoms with Crippen molar-refractivity contribution >= 4 is 23.3 Å². The lowest BCUT2D eigenvalue weighted by Gasteiger charge is -2.12. The Morgan fingerprint density at radius 1 is 1.05 bits per heavy atom. The summed E-state index contributed by atoms with van der Waals surface area (Å²) in [6, 6.07) is 16.9. The minimum atomic E-state index is -0.713. The topological polar surface area (TPSA) is 143 Å². The number of unbranched alkanes of at least 4 members (excludes halogenated alkanes) is 1. The lowest BCUT2D eigenvalue weighted by Crippen LogP contribution is -2.23. The second-order valence-electron chi connectivity index (χ2n) is 8.06. The van der Waals surface area contributed by atoms with E-state index in [2.05, 4.69) is 10.2 Å². The summed E-state index contributed by atoms with van der Waals surface area (Å²) in [5.74, 6) is -1.75. The van der Waals surface area contributed by atoms with Crippen molar-refractivity contribution in [1.29, 1.82) is 5.26 Å². The molecule has 0 aliphatic carbocycles. The fourth-order valence-electron chi connectivity index (χ4n) is 3.34. The van der Waals surface area contributed by atoms with Crippen LogP contribution in [-0.4, -0.2) is 28.2 Å². The van der Waals surface area contributed by atoms with Crippen LogP contribution in [0.5, 0.6) is 5.88 Å². The number of hydrogen-bond acceptors (Lipinski definition) is 9. The zero-order chi connectivity index (χ0) is 26.8. The Morgan fingerprint density at radius 3 is 2.41 bits per heavy atom. The third kappa shape index (κ3) is 6.89. The molecule has 1 heterocycles. The van der Waals surface area contributed by atoms with Gasteiger partial charge in [-0.15, -0.1) is 5.11 Å². The van der Waals surface area contributed by atoms with Gasteiger partial charge in [0, 0.05) is 12.1 Å². The van der Waals surface area contributed by atoms with Gasteiger partial charge in [0.05, 0.1) is 11.3 Å². The number of benzene rings is 2. The van der Waals surface area contributed by atoms with Gasteiger partial charge >= 0.3 is 11.9 Å². The minimum absolute atomic E-state index is 0.0183. The Kier molecular flexibility index (Phi) is 9.27. The molecule has 0 radical (unpaired) electrons. The quantitative estimate of drug-likeness (QED) is 0.308. The van der Waals surface area contributed by atoms with Gasteiger partial charge in [-0.1, -0.05) is 43.7 Å². The number of azo groups is 1. The molecule has 10 heteroatoms. The molecule has 3 aromatic rings. The molecule has 0 aliphatic rings. The van der Waals surface area contributed by atoms with Gasteiger partial charge in [-0.25, -0.2) is 9.59 Å². The van der Waals surface area contributed by atoms with E-state index in [4.69, 9.17) is 9.47 Å². The summed E-state index contributed by atoms with van der Waals surface area (Å²) in [6.45, 7) is 3.26. The zero-order valence-corrected chi connectivity index (χ0v) is 20.5. The third-order valence-electron chi connectivity index (χ3n) is 5.44. The van der Waals surface area contributed by atoms with Gasteiger partial charge in [0.1, 0.15) is 18.2 Å². The normalized spacial score (nSPS) is 10.7. The van der Waals surface area contributed by atoms with E-state index >= 15 is 0 Å². The zero-order valence-electron chi connectivity index (χ0n) is 20.5. The van der Waals surface area contributed by atoms with E-state index in [0.29, 0.717) is 12.1 Å². The van der Waals surface area contributed by atoms with Crippen molar-refractivity contribution in [2.75, 3.05) is 6.61 Å². The Bertz CT molecular complexity index is 1390. The molecule has 1 aromatic heterocycles. The highest BCUT2D eigenvalue weighted by molar-refractivity contribution is 5.91. The summed E-state index contributed by atoms with van der Waals surface area (Å²) < 4.78 is 11.2. The summed E-state index contributed by atoms with van der Waals surface area (Å²) in [4.78, 5) is 36.6. The highest BCUT2D eigenvalue weighted by Crippen LogP contribution is 2.32. The van der Waals surface area contributed by atoms with E-state index in [1.807, 2.05) is 43.3 Å².